The average Bonchev–Trinajstić information content (AvgIpc) is 3.15. The first-order valence-corrected chi connectivity index (χ1v) is 5.39. The Hall–Kier alpha value is -3.52. The van der Waals surface area contributed by atoms with Crippen molar-refractivity contribution in [2.24, 2.45) is 0 Å². The Kier molecular flexibility index (Phi) is 2.68. The molecule has 0 radical (unpaired) electrons. The van der Waals surface area contributed by atoms with Crippen LogP contribution in [0.1, 0.15) is 11.4 Å². The van der Waals surface area contributed by atoms with E-state index in [2.05, 4.69) is 29.9 Å². The number of nitrogens with zero attached hydrogens (tertiary/aromatic N) is 6. The highest BCUT2D eigenvalue weighted by Gasteiger charge is 2.15. The fourth-order valence-electron chi connectivity index (χ4n) is 1.72. The normalized spacial score (nSPS) is 9.90. The molecule has 0 aliphatic rings. The average molecular weight is 264 g/mol. The zero-order valence-corrected chi connectivity index (χ0v) is 9.81. The van der Waals surface area contributed by atoms with Crippen molar-refractivity contribution in [3.63, 3.8) is 0 Å². The first-order valence-electron chi connectivity index (χ1n) is 5.39. The Morgan fingerprint density at radius 2 is 1.30 bits per heavy atom. The van der Waals surface area contributed by atoms with Crippen LogP contribution >= 0.6 is 0 Å². The van der Waals surface area contributed by atoms with E-state index in [1.54, 1.807) is 24.3 Å². The van der Waals surface area contributed by atoms with Gasteiger partial charge in [-0.25, -0.2) is 9.26 Å². The number of hydrogen-bond acceptors (Lipinski definition) is 8. The van der Waals surface area contributed by atoms with Gasteiger partial charge in [0.1, 0.15) is 12.1 Å². The lowest BCUT2D eigenvalue weighted by Crippen LogP contribution is -1.86. The zero-order chi connectivity index (χ0) is 13.9. The molecule has 0 atom stereocenters. The molecule has 8 heteroatoms. The minimum Gasteiger partial charge on any atom is -0.243 e. The van der Waals surface area contributed by atoms with Gasteiger partial charge in [-0.05, 0) is 26.7 Å². The van der Waals surface area contributed by atoms with E-state index >= 15 is 0 Å². The molecule has 0 saturated carbocycles. The third-order valence-corrected chi connectivity index (χ3v) is 2.60. The van der Waals surface area contributed by atoms with Crippen LogP contribution in [0, 0.1) is 22.7 Å². The number of rotatable bonds is 2. The lowest BCUT2D eigenvalue weighted by Gasteiger charge is -1.99. The van der Waals surface area contributed by atoms with Gasteiger partial charge in [0.2, 0.25) is 11.4 Å². The molecule has 1 aromatic carbocycles. The van der Waals surface area contributed by atoms with Gasteiger partial charge in [0.25, 0.3) is 0 Å². The molecule has 2 heterocycles. The predicted molar refractivity (Wildman–Crippen MR) is 62.5 cm³/mol. The van der Waals surface area contributed by atoms with E-state index < -0.39 is 0 Å². The van der Waals surface area contributed by atoms with E-state index in [0.29, 0.717) is 22.5 Å². The summed E-state index contributed by atoms with van der Waals surface area (Å²) in [5.74, 6) is 0. The van der Waals surface area contributed by atoms with E-state index in [9.17, 15) is 0 Å². The minimum atomic E-state index is 0.0842. The molecule has 3 rings (SSSR count). The van der Waals surface area contributed by atoms with Gasteiger partial charge >= 0.3 is 0 Å². The quantitative estimate of drug-likeness (QED) is 0.681. The van der Waals surface area contributed by atoms with Crippen LogP contribution in [0.5, 0.6) is 0 Å². The summed E-state index contributed by atoms with van der Waals surface area (Å²) in [6, 6.07) is 10.7. The number of aromatic nitrogens is 4. The molecule has 0 spiro atoms. The minimum absolute atomic E-state index is 0.0842. The summed E-state index contributed by atoms with van der Waals surface area (Å²) in [5, 5.41) is 32.2. The fourth-order valence-corrected chi connectivity index (χ4v) is 1.72. The van der Waals surface area contributed by atoms with Crippen LogP contribution in [-0.4, -0.2) is 20.6 Å². The van der Waals surface area contributed by atoms with Crippen LogP contribution in [0.15, 0.2) is 33.5 Å². The third kappa shape index (κ3) is 1.78. The lowest BCUT2D eigenvalue weighted by molar-refractivity contribution is 0.307. The summed E-state index contributed by atoms with van der Waals surface area (Å²) in [4.78, 5) is 0. The Morgan fingerprint density at radius 1 is 0.800 bits per heavy atom. The highest BCUT2D eigenvalue weighted by molar-refractivity contribution is 5.72. The van der Waals surface area contributed by atoms with E-state index in [0.717, 1.165) is 0 Å². The monoisotopic (exact) mass is 264 g/mol. The first-order chi connectivity index (χ1) is 9.83. The van der Waals surface area contributed by atoms with Crippen molar-refractivity contribution in [1.29, 1.82) is 10.5 Å². The van der Waals surface area contributed by atoms with Crippen molar-refractivity contribution in [2.75, 3.05) is 0 Å². The standard InChI is InChI=1S/C12H4N6O2/c13-5-9-11(17-19-15-9)7-2-1-3-8(4-7)12-10(6-14)16-20-18-12/h1-4H. The van der Waals surface area contributed by atoms with Gasteiger partial charge in [0, 0.05) is 11.1 Å². The number of benzene rings is 1. The van der Waals surface area contributed by atoms with E-state index in [1.165, 1.54) is 0 Å². The summed E-state index contributed by atoms with van der Waals surface area (Å²) < 4.78 is 9.09. The van der Waals surface area contributed by atoms with E-state index in [4.69, 9.17) is 10.5 Å². The van der Waals surface area contributed by atoms with Gasteiger partial charge in [-0.3, -0.25) is 0 Å². The third-order valence-electron chi connectivity index (χ3n) is 2.60. The van der Waals surface area contributed by atoms with Gasteiger partial charge in [0.05, 0.1) is 0 Å². The molecule has 0 fully saturated rings. The van der Waals surface area contributed by atoms with Crippen molar-refractivity contribution in [1.82, 2.24) is 20.6 Å². The summed E-state index contributed by atoms with van der Waals surface area (Å²) in [5.41, 5.74) is 2.05. The molecule has 3 aromatic rings. The van der Waals surface area contributed by atoms with Crippen molar-refractivity contribution < 1.29 is 9.26 Å². The summed E-state index contributed by atoms with van der Waals surface area (Å²) in [7, 11) is 0. The predicted octanol–water partition coefficient (Wildman–Crippen LogP) is 1.53. The maximum atomic E-state index is 8.91. The molecule has 94 valence electrons. The maximum Gasteiger partial charge on any atom is 0.212 e. The SMILES string of the molecule is N#Cc1nonc1-c1cccc(-c2nonc2C#N)c1. The highest BCUT2D eigenvalue weighted by atomic mass is 16.6. The summed E-state index contributed by atoms with van der Waals surface area (Å²) >= 11 is 0. The van der Waals surface area contributed by atoms with Gasteiger partial charge < -0.3 is 0 Å². The van der Waals surface area contributed by atoms with Crippen LogP contribution in [0.3, 0.4) is 0 Å². The molecule has 0 aliphatic carbocycles. The van der Waals surface area contributed by atoms with Gasteiger partial charge in [-0.15, -0.1) is 0 Å². The molecule has 0 aliphatic heterocycles. The topological polar surface area (TPSA) is 125 Å². The molecule has 0 bridgehead atoms. The van der Waals surface area contributed by atoms with Crippen LogP contribution in [0.2, 0.25) is 0 Å². The second kappa shape index (κ2) is 4.63. The largest absolute Gasteiger partial charge is 0.243 e. The highest BCUT2D eigenvalue weighted by Crippen LogP contribution is 2.26. The molecule has 0 unspecified atom stereocenters. The molecule has 0 amide bonds. The van der Waals surface area contributed by atoms with Crippen molar-refractivity contribution >= 4 is 0 Å². The molecule has 8 nitrogen and oxygen atoms in total. The Bertz CT molecular complexity index is 784. The molecule has 2 aromatic heterocycles. The van der Waals surface area contributed by atoms with Crippen LogP contribution in [0.25, 0.3) is 22.5 Å². The van der Waals surface area contributed by atoms with Crippen LogP contribution in [-0.2, 0) is 0 Å². The second-order valence-electron chi connectivity index (χ2n) is 3.73. The lowest BCUT2D eigenvalue weighted by atomic mass is 10.0. The van der Waals surface area contributed by atoms with Crippen molar-refractivity contribution in [3.05, 3.63) is 35.7 Å². The van der Waals surface area contributed by atoms with E-state index in [-0.39, 0.29) is 11.4 Å². The van der Waals surface area contributed by atoms with Gasteiger partial charge in [-0.1, -0.05) is 18.2 Å². The smallest absolute Gasteiger partial charge is 0.212 e. The van der Waals surface area contributed by atoms with Crippen LogP contribution < -0.4 is 0 Å². The first kappa shape index (κ1) is 11.6. The van der Waals surface area contributed by atoms with Gasteiger partial charge in [0.15, 0.2) is 11.4 Å². The second-order valence-corrected chi connectivity index (χ2v) is 3.73. The van der Waals surface area contributed by atoms with Gasteiger partial charge in [-0.2, -0.15) is 10.5 Å². The molecular formula is C12H4N6O2. The Balaban J connectivity index is 2.12. The van der Waals surface area contributed by atoms with Crippen molar-refractivity contribution in [3.8, 4) is 34.7 Å². The maximum absolute atomic E-state index is 8.91. The summed E-state index contributed by atoms with van der Waals surface area (Å²) in [6.45, 7) is 0. The fraction of sp³-hybridized carbons (Fsp3) is 0. The molecule has 20 heavy (non-hydrogen) atoms. The number of hydrogen-bond donors (Lipinski definition) is 0. The van der Waals surface area contributed by atoms with Crippen LogP contribution in [0.4, 0.5) is 0 Å². The Labute approximate surface area is 111 Å². The van der Waals surface area contributed by atoms with E-state index in [1.807, 2.05) is 12.1 Å². The molecule has 0 N–H and O–H groups in total. The molecule has 0 saturated heterocycles. The Morgan fingerprint density at radius 3 is 1.75 bits per heavy atom. The van der Waals surface area contributed by atoms with Crippen molar-refractivity contribution in [2.45, 2.75) is 0 Å². The number of nitriles is 2. The summed E-state index contributed by atoms with van der Waals surface area (Å²) in [6.07, 6.45) is 0. The zero-order valence-electron chi connectivity index (χ0n) is 9.81. The molecular weight excluding hydrogens is 260 g/mol.